The first-order valence-corrected chi connectivity index (χ1v) is 8.87. The number of nitrogens with zero attached hydrogens (tertiary/aromatic N) is 2. The Balaban J connectivity index is 2.57. The molecule has 5 nitrogen and oxygen atoms in total. The summed E-state index contributed by atoms with van der Waals surface area (Å²) in [6.07, 6.45) is 4.52. The highest BCUT2D eigenvalue weighted by atomic mass is 16.1. The van der Waals surface area contributed by atoms with Crippen molar-refractivity contribution in [3.8, 4) is 0 Å². The van der Waals surface area contributed by atoms with E-state index in [1.807, 2.05) is 51.2 Å². The second kappa shape index (κ2) is 11.3. The van der Waals surface area contributed by atoms with Crippen LogP contribution < -0.4 is 10.6 Å². The van der Waals surface area contributed by atoms with Crippen molar-refractivity contribution in [2.24, 2.45) is 10.9 Å². The van der Waals surface area contributed by atoms with Crippen LogP contribution in [0.4, 0.5) is 5.69 Å². The highest BCUT2D eigenvalue weighted by Gasteiger charge is 2.07. The Labute approximate surface area is 152 Å². The fourth-order valence-corrected chi connectivity index (χ4v) is 2.49. The monoisotopic (exact) mass is 344 g/mol. The lowest BCUT2D eigenvalue weighted by Gasteiger charge is -2.22. The van der Waals surface area contributed by atoms with E-state index in [1.54, 1.807) is 7.05 Å². The van der Waals surface area contributed by atoms with Crippen molar-refractivity contribution < 1.29 is 4.79 Å². The fraction of sp³-hybridized carbons (Fsp3) is 0.500. The number of unbranched alkanes of at least 4 members (excludes halogenated alkanes) is 1. The zero-order chi connectivity index (χ0) is 18.7. The molecule has 0 saturated heterocycles. The third-order valence-corrected chi connectivity index (χ3v) is 3.73. The van der Waals surface area contributed by atoms with Gasteiger partial charge in [0.05, 0.1) is 0 Å². The molecule has 0 unspecified atom stereocenters. The van der Waals surface area contributed by atoms with Crippen molar-refractivity contribution in [1.29, 1.82) is 0 Å². The fourth-order valence-electron chi connectivity index (χ4n) is 2.49. The van der Waals surface area contributed by atoms with Crippen LogP contribution in [0.15, 0.2) is 41.9 Å². The van der Waals surface area contributed by atoms with Gasteiger partial charge in [-0.25, -0.2) is 0 Å². The molecule has 0 radical (unpaired) electrons. The quantitative estimate of drug-likeness (QED) is 0.311. The molecule has 0 aromatic heterocycles. The molecule has 2 N–H and O–H groups in total. The summed E-state index contributed by atoms with van der Waals surface area (Å²) in [4.78, 5) is 18.3. The average Bonchev–Trinajstić information content (AvgIpc) is 2.55. The van der Waals surface area contributed by atoms with Gasteiger partial charge in [0, 0.05) is 39.3 Å². The Morgan fingerprint density at radius 2 is 2.16 bits per heavy atom. The van der Waals surface area contributed by atoms with Gasteiger partial charge in [-0.15, -0.1) is 6.58 Å². The summed E-state index contributed by atoms with van der Waals surface area (Å²) in [7, 11) is 3.82. The number of amides is 1. The molecule has 0 atom stereocenters. The van der Waals surface area contributed by atoms with Crippen LogP contribution in [-0.4, -0.2) is 37.4 Å². The summed E-state index contributed by atoms with van der Waals surface area (Å²) < 4.78 is 0. The summed E-state index contributed by atoms with van der Waals surface area (Å²) in [5.74, 6) is 1.26. The number of aliphatic imine (C=N–C) groups is 1. The zero-order valence-corrected chi connectivity index (χ0v) is 16.0. The molecule has 0 fully saturated rings. The van der Waals surface area contributed by atoms with E-state index >= 15 is 0 Å². The van der Waals surface area contributed by atoms with E-state index in [0.29, 0.717) is 18.9 Å². The molecular formula is C20H32N4O. The normalized spacial score (nSPS) is 11.3. The molecule has 0 aliphatic carbocycles. The Hall–Kier alpha value is -2.30. The number of guanidine groups is 1. The minimum atomic E-state index is 0.0536. The highest BCUT2D eigenvalue weighted by Crippen LogP contribution is 2.12. The molecule has 1 amide bonds. The summed E-state index contributed by atoms with van der Waals surface area (Å²) >= 11 is 0. The smallest absolute Gasteiger partial charge is 0.224 e. The van der Waals surface area contributed by atoms with Crippen LogP contribution in [0.25, 0.3) is 0 Å². The second-order valence-corrected chi connectivity index (χ2v) is 6.60. The number of carbonyl (C=O) groups excluding carboxylic acids is 1. The minimum Gasteiger partial charge on any atom is -0.352 e. The number of rotatable bonds is 9. The molecule has 5 heteroatoms. The number of benzene rings is 1. The zero-order valence-electron chi connectivity index (χ0n) is 16.0. The van der Waals surface area contributed by atoms with Crippen LogP contribution in [-0.2, 0) is 11.3 Å². The lowest BCUT2D eigenvalue weighted by molar-refractivity contribution is -0.116. The molecule has 0 bridgehead atoms. The van der Waals surface area contributed by atoms with E-state index in [4.69, 9.17) is 0 Å². The van der Waals surface area contributed by atoms with Crippen LogP contribution in [0.5, 0.6) is 0 Å². The Morgan fingerprint density at radius 3 is 2.80 bits per heavy atom. The predicted molar refractivity (Wildman–Crippen MR) is 107 cm³/mol. The first-order valence-electron chi connectivity index (χ1n) is 8.87. The third-order valence-electron chi connectivity index (χ3n) is 3.73. The first-order chi connectivity index (χ1) is 12.0. The van der Waals surface area contributed by atoms with E-state index in [9.17, 15) is 4.79 Å². The molecule has 0 saturated carbocycles. The van der Waals surface area contributed by atoms with E-state index in [1.165, 1.54) is 0 Å². The van der Waals surface area contributed by atoms with E-state index in [0.717, 1.165) is 36.6 Å². The Bertz CT molecular complexity index is 581. The van der Waals surface area contributed by atoms with Gasteiger partial charge in [-0.05, 0) is 36.5 Å². The number of nitrogens with one attached hydrogen (secondary N) is 2. The van der Waals surface area contributed by atoms with Gasteiger partial charge < -0.3 is 15.5 Å². The van der Waals surface area contributed by atoms with Crippen molar-refractivity contribution in [3.63, 3.8) is 0 Å². The van der Waals surface area contributed by atoms with Crippen LogP contribution in [0, 0.1) is 5.92 Å². The lowest BCUT2D eigenvalue weighted by atomic mass is 10.1. The van der Waals surface area contributed by atoms with Crippen LogP contribution in [0.1, 0.15) is 38.7 Å². The summed E-state index contributed by atoms with van der Waals surface area (Å²) in [5, 5.41) is 6.32. The third kappa shape index (κ3) is 8.38. The largest absolute Gasteiger partial charge is 0.352 e. The maximum atomic E-state index is 11.9. The van der Waals surface area contributed by atoms with Gasteiger partial charge in [-0.2, -0.15) is 0 Å². The standard InChI is InChI=1S/C20H32N4O/c1-6-7-8-12-24(5)20(21-4)22-15-17-10-9-11-18(14-17)23-19(25)13-16(2)3/h6,9-11,14,16H,1,7-8,12-13,15H2,2-5H3,(H,21,22)(H,23,25). The van der Waals surface area contributed by atoms with Gasteiger partial charge in [0.1, 0.15) is 0 Å². The molecule has 0 aliphatic heterocycles. The maximum Gasteiger partial charge on any atom is 0.224 e. The molecule has 0 spiro atoms. The molecular weight excluding hydrogens is 312 g/mol. The van der Waals surface area contributed by atoms with Crippen LogP contribution >= 0.6 is 0 Å². The molecule has 0 heterocycles. The number of hydrogen-bond acceptors (Lipinski definition) is 2. The molecule has 1 aromatic rings. The molecule has 1 rings (SSSR count). The summed E-state index contributed by atoms with van der Waals surface area (Å²) in [6.45, 7) is 9.41. The van der Waals surface area contributed by atoms with Crippen molar-refractivity contribution >= 4 is 17.6 Å². The molecule has 1 aromatic carbocycles. The van der Waals surface area contributed by atoms with Gasteiger partial charge in [0.2, 0.25) is 5.91 Å². The summed E-state index contributed by atoms with van der Waals surface area (Å²) in [5.41, 5.74) is 1.93. The van der Waals surface area contributed by atoms with Gasteiger partial charge in [-0.3, -0.25) is 9.79 Å². The van der Waals surface area contributed by atoms with E-state index in [-0.39, 0.29) is 5.91 Å². The molecule has 0 aliphatic rings. The predicted octanol–water partition coefficient (Wildman–Crippen LogP) is 3.64. The maximum absolute atomic E-state index is 11.9. The number of hydrogen-bond donors (Lipinski definition) is 2. The van der Waals surface area contributed by atoms with Gasteiger partial charge in [0.15, 0.2) is 5.96 Å². The Kier molecular flexibility index (Phi) is 9.37. The van der Waals surface area contributed by atoms with Crippen molar-refractivity contribution in [2.45, 2.75) is 39.7 Å². The van der Waals surface area contributed by atoms with Gasteiger partial charge in [0.25, 0.3) is 0 Å². The number of carbonyl (C=O) groups is 1. The molecule has 138 valence electrons. The average molecular weight is 345 g/mol. The minimum absolute atomic E-state index is 0.0536. The van der Waals surface area contributed by atoms with Crippen LogP contribution in [0.3, 0.4) is 0 Å². The Morgan fingerprint density at radius 1 is 1.40 bits per heavy atom. The second-order valence-electron chi connectivity index (χ2n) is 6.60. The van der Waals surface area contributed by atoms with Crippen LogP contribution in [0.2, 0.25) is 0 Å². The number of anilines is 1. The van der Waals surface area contributed by atoms with E-state index in [2.05, 4.69) is 27.1 Å². The first kappa shape index (κ1) is 20.7. The lowest BCUT2D eigenvalue weighted by Crippen LogP contribution is -2.38. The summed E-state index contributed by atoms with van der Waals surface area (Å²) in [6, 6.07) is 7.91. The van der Waals surface area contributed by atoms with E-state index < -0.39 is 0 Å². The highest BCUT2D eigenvalue weighted by molar-refractivity contribution is 5.90. The van der Waals surface area contributed by atoms with Gasteiger partial charge >= 0.3 is 0 Å². The number of allylic oxidation sites excluding steroid dienone is 1. The topological polar surface area (TPSA) is 56.7 Å². The van der Waals surface area contributed by atoms with Gasteiger partial charge in [-0.1, -0.05) is 32.1 Å². The molecule has 25 heavy (non-hydrogen) atoms. The van der Waals surface area contributed by atoms with Crippen molar-refractivity contribution in [1.82, 2.24) is 10.2 Å². The SMILES string of the molecule is C=CCCCN(C)C(=NC)NCc1cccc(NC(=O)CC(C)C)c1. The van der Waals surface area contributed by atoms with Crippen molar-refractivity contribution in [3.05, 3.63) is 42.5 Å². The van der Waals surface area contributed by atoms with Crippen molar-refractivity contribution in [2.75, 3.05) is 26.0 Å².